The van der Waals surface area contributed by atoms with Crippen molar-refractivity contribution in [1.82, 2.24) is 4.57 Å². The van der Waals surface area contributed by atoms with Gasteiger partial charge in [-0.25, -0.2) is 0 Å². The molecule has 0 radical (unpaired) electrons. The SMILES string of the molecule is Cc1cc(-c2ccccc2)ccc1N(c1cc(C)c(-c2ccccc2)c(-c2ccccc2)c1)c1cc(-c2ccc(-n3c4ccccc4c4ccccc43)cc2)c2oc3ccccc3c2c1. The third-order valence-corrected chi connectivity index (χ3v) is 13.0. The number of rotatable bonds is 8. The van der Waals surface area contributed by atoms with Crippen molar-refractivity contribution in [2.45, 2.75) is 13.8 Å². The second-order valence-corrected chi connectivity index (χ2v) is 17.0. The van der Waals surface area contributed by atoms with Crippen LogP contribution < -0.4 is 4.90 Å². The maximum absolute atomic E-state index is 6.83. The van der Waals surface area contributed by atoms with Crippen molar-refractivity contribution >= 4 is 60.8 Å². The van der Waals surface area contributed by atoms with Gasteiger partial charge in [-0.05, 0) is 131 Å². The van der Waals surface area contributed by atoms with Gasteiger partial charge < -0.3 is 13.9 Å². The first-order valence-corrected chi connectivity index (χ1v) is 22.3. The van der Waals surface area contributed by atoms with E-state index < -0.39 is 0 Å². The quantitative estimate of drug-likeness (QED) is 0.152. The molecule has 10 aromatic carbocycles. The lowest BCUT2D eigenvalue weighted by Crippen LogP contribution is -2.12. The Bertz CT molecular complexity index is 3660. The highest BCUT2D eigenvalue weighted by Gasteiger charge is 2.24. The molecule has 0 aliphatic heterocycles. The number of para-hydroxylation sites is 3. The minimum atomic E-state index is 0.868. The molecule has 0 saturated heterocycles. The van der Waals surface area contributed by atoms with E-state index >= 15 is 0 Å². The largest absolute Gasteiger partial charge is 0.455 e. The average Bonchev–Trinajstić information content (AvgIpc) is 3.91. The van der Waals surface area contributed by atoms with E-state index in [9.17, 15) is 0 Å². The highest BCUT2D eigenvalue weighted by atomic mass is 16.3. The normalized spacial score (nSPS) is 11.5. The van der Waals surface area contributed by atoms with Gasteiger partial charge in [0, 0.05) is 49.9 Å². The molecule has 0 amide bonds. The number of hydrogen-bond acceptors (Lipinski definition) is 2. The van der Waals surface area contributed by atoms with Crippen molar-refractivity contribution in [2.75, 3.05) is 4.90 Å². The predicted octanol–water partition coefficient (Wildman–Crippen LogP) is 17.4. The summed E-state index contributed by atoms with van der Waals surface area (Å²) in [7, 11) is 0. The first-order chi connectivity index (χ1) is 32.1. The molecule has 0 atom stereocenters. The highest BCUT2D eigenvalue weighted by molar-refractivity contribution is 6.12. The maximum Gasteiger partial charge on any atom is 0.143 e. The Morgan fingerprint density at radius 2 is 0.892 bits per heavy atom. The van der Waals surface area contributed by atoms with Crippen molar-refractivity contribution in [2.24, 2.45) is 0 Å². The molecule has 12 rings (SSSR count). The summed E-state index contributed by atoms with van der Waals surface area (Å²) in [5.41, 5.74) is 20.1. The first kappa shape index (κ1) is 38.3. The number of hydrogen-bond donors (Lipinski definition) is 0. The van der Waals surface area contributed by atoms with Gasteiger partial charge in [0.1, 0.15) is 11.2 Å². The number of aromatic nitrogens is 1. The molecule has 0 unspecified atom stereocenters. The second kappa shape index (κ2) is 15.7. The zero-order valence-electron chi connectivity index (χ0n) is 36.2. The summed E-state index contributed by atoms with van der Waals surface area (Å²) in [5.74, 6) is 0. The van der Waals surface area contributed by atoms with Gasteiger partial charge in [-0.1, -0.05) is 164 Å². The van der Waals surface area contributed by atoms with Gasteiger partial charge in [0.15, 0.2) is 0 Å². The van der Waals surface area contributed by atoms with E-state index in [1.807, 2.05) is 0 Å². The molecule has 0 spiro atoms. The topological polar surface area (TPSA) is 21.3 Å². The van der Waals surface area contributed by atoms with Gasteiger partial charge >= 0.3 is 0 Å². The molecule has 2 aromatic heterocycles. The Balaban J connectivity index is 1.10. The lowest BCUT2D eigenvalue weighted by Gasteiger charge is -2.30. The van der Waals surface area contributed by atoms with Crippen LogP contribution in [0.1, 0.15) is 11.1 Å². The van der Waals surface area contributed by atoms with E-state index in [4.69, 9.17) is 4.42 Å². The number of anilines is 3. The lowest BCUT2D eigenvalue weighted by atomic mass is 9.89. The van der Waals surface area contributed by atoms with E-state index in [2.05, 4.69) is 254 Å². The third kappa shape index (κ3) is 6.60. The van der Waals surface area contributed by atoms with Gasteiger partial charge in [-0.3, -0.25) is 0 Å². The van der Waals surface area contributed by atoms with Crippen molar-refractivity contribution in [3.05, 3.63) is 242 Å². The molecule has 0 N–H and O–H groups in total. The Labute approximate surface area is 378 Å². The van der Waals surface area contributed by atoms with Crippen LogP contribution in [0, 0.1) is 13.8 Å². The van der Waals surface area contributed by atoms with Crippen LogP contribution in [-0.2, 0) is 0 Å². The number of fused-ring (bicyclic) bond motifs is 6. The number of nitrogens with zero attached hydrogens (tertiary/aromatic N) is 2. The molecule has 2 heterocycles. The first-order valence-electron chi connectivity index (χ1n) is 22.3. The lowest BCUT2D eigenvalue weighted by molar-refractivity contribution is 0.670. The molecule has 0 fully saturated rings. The molecule has 12 aromatic rings. The van der Waals surface area contributed by atoms with Crippen molar-refractivity contribution in [3.63, 3.8) is 0 Å². The third-order valence-electron chi connectivity index (χ3n) is 13.0. The summed E-state index contributed by atoms with van der Waals surface area (Å²) in [4.78, 5) is 2.45. The Kier molecular flexibility index (Phi) is 9.28. The summed E-state index contributed by atoms with van der Waals surface area (Å²) >= 11 is 0. The van der Waals surface area contributed by atoms with Gasteiger partial charge in [0.05, 0.1) is 11.0 Å². The van der Waals surface area contributed by atoms with E-state index in [1.54, 1.807) is 0 Å². The fourth-order valence-corrected chi connectivity index (χ4v) is 10.0. The molecule has 0 aliphatic carbocycles. The minimum Gasteiger partial charge on any atom is -0.455 e. The second-order valence-electron chi connectivity index (χ2n) is 17.0. The molecule has 0 bridgehead atoms. The van der Waals surface area contributed by atoms with Crippen LogP contribution in [-0.4, -0.2) is 4.57 Å². The average molecular weight is 833 g/mol. The van der Waals surface area contributed by atoms with E-state index in [1.165, 1.54) is 66.3 Å². The smallest absolute Gasteiger partial charge is 0.143 e. The van der Waals surface area contributed by atoms with Crippen molar-refractivity contribution in [3.8, 4) is 50.2 Å². The predicted molar refractivity (Wildman–Crippen MR) is 274 cm³/mol. The van der Waals surface area contributed by atoms with E-state index in [-0.39, 0.29) is 0 Å². The number of furan rings is 1. The summed E-state index contributed by atoms with van der Waals surface area (Å²) in [6, 6.07) is 83.2. The van der Waals surface area contributed by atoms with Crippen LogP contribution in [0.2, 0.25) is 0 Å². The Hall–Kier alpha value is -8.40. The van der Waals surface area contributed by atoms with Crippen LogP contribution >= 0.6 is 0 Å². The molecule has 3 heteroatoms. The van der Waals surface area contributed by atoms with Crippen LogP contribution in [0.3, 0.4) is 0 Å². The fraction of sp³-hybridized carbons (Fsp3) is 0.0323. The zero-order valence-corrected chi connectivity index (χ0v) is 36.2. The van der Waals surface area contributed by atoms with Gasteiger partial charge in [-0.15, -0.1) is 0 Å². The van der Waals surface area contributed by atoms with Crippen LogP contribution in [0.15, 0.2) is 235 Å². The molecular weight excluding hydrogens is 789 g/mol. The summed E-state index contributed by atoms with van der Waals surface area (Å²) in [5, 5.41) is 4.66. The van der Waals surface area contributed by atoms with Crippen LogP contribution in [0.25, 0.3) is 93.9 Å². The highest BCUT2D eigenvalue weighted by Crippen LogP contribution is 2.47. The van der Waals surface area contributed by atoms with E-state index in [0.717, 1.165) is 55.8 Å². The standard InChI is InChI=1S/C62H44N2O/c1-41-36-47(43-18-6-3-7-19-43)32-35-57(41)63(49-37-42(2)61(46-22-10-5-11-23-46)54(38-49)44-20-8-4-9-21-44)50-39-55(62-56(40-50)53-26-14-17-29-60(53)65-62)45-30-33-48(34-31-45)64-58-27-15-12-24-51(58)52-25-13-16-28-59(52)64/h3-40H,1-2H3. The monoisotopic (exact) mass is 832 g/mol. The van der Waals surface area contributed by atoms with Gasteiger partial charge in [0.2, 0.25) is 0 Å². The molecule has 0 saturated carbocycles. The van der Waals surface area contributed by atoms with Gasteiger partial charge in [0.25, 0.3) is 0 Å². The van der Waals surface area contributed by atoms with Crippen LogP contribution in [0.4, 0.5) is 17.1 Å². The maximum atomic E-state index is 6.83. The van der Waals surface area contributed by atoms with Crippen molar-refractivity contribution in [1.29, 1.82) is 0 Å². The van der Waals surface area contributed by atoms with Crippen molar-refractivity contribution < 1.29 is 4.42 Å². The minimum absolute atomic E-state index is 0.868. The molecule has 3 nitrogen and oxygen atoms in total. The summed E-state index contributed by atoms with van der Waals surface area (Å²) < 4.78 is 9.20. The fourth-order valence-electron chi connectivity index (χ4n) is 10.0. The zero-order chi connectivity index (χ0) is 43.4. The molecule has 308 valence electrons. The summed E-state index contributed by atoms with van der Waals surface area (Å²) in [6.45, 7) is 4.48. The van der Waals surface area contributed by atoms with Crippen LogP contribution in [0.5, 0.6) is 0 Å². The van der Waals surface area contributed by atoms with Gasteiger partial charge in [-0.2, -0.15) is 0 Å². The molecule has 0 aliphatic rings. The molecule has 65 heavy (non-hydrogen) atoms. The summed E-state index contributed by atoms with van der Waals surface area (Å²) in [6.07, 6.45) is 0. The van der Waals surface area contributed by atoms with E-state index in [0.29, 0.717) is 0 Å². The number of benzene rings is 10. The Morgan fingerprint density at radius 3 is 1.55 bits per heavy atom. The molecular formula is C62H44N2O. The number of aryl methyl sites for hydroxylation is 2. The Morgan fingerprint density at radius 1 is 0.369 bits per heavy atom.